The number of fused-ring (bicyclic) bond motifs is 2. The molecule has 1 amide bonds. The lowest BCUT2D eigenvalue weighted by atomic mass is 9.98. The first-order valence-electron chi connectivity index (χ1n) is 11.5. The van der Waals surface area contributed by atoms with E-state index >= 15 is 0 Å². The van der Waals surface area contributed by atoms with Crippen LogP contribution in [0, 0.1) is 6.92 Å². The summed E-state index contributed by atoms with van der Waals surface area (Å²) in [5, 5.41) is 12.1. The average Bonchev–Trinajstić information content (AvgIpc) is 3.46. The van der Waals surface area contributed by atoms with Crippen molar-refractivity contribution in [3.63, 3.8) is 0 Å². The number of aryl methyl sites for hydroxylation is 1. The van der Waals surface area contributed by atoms with Crippen LogP contribution >= 0.6 is 11.9 Å². The molecule has 0 bridgehead atoms. The summed E-state index contributed by atoms with van der Waals surface area (Å²) in [7, 11) is 0. The molecule has 3 N–H and O–H groups in total. The fourth-order valence-electron chi connectivity index (χ4n) is 4.83. The summed E-state index contributed by atoms with van der Waals surface area (Å²) in [5.41, 5.74) is 6.93. The number of rotatable bonds is 7. The summed E-state index contributed by atoms with van der Waals surface area (Å²) in [6, 6.07) is 14.3. The van der Waals surface area contributed by atoms with Gasteiger partial charge in [0.15, 0.2) is 5.78 Å². The number of carboxylic acids is 1. The van der Waals surface area contributed by atoms with Crippen molar-refractivity contribution in [2.75, 3.05) is 16.2 Å². The van der Waals surface area contributed by atoms with Gasteiger partial charge in [-0.1, -0.05) is 18.2 Å². The molecule has 0 spiro atoms. The van der Waals surface area contributed by atoms with Crippen molar-refractivity contribution in [2.24, 2.45) is 0 Å². The summed E-state index contributed by atoms with van der Waals surface area (Å²) in [6.45, 7) is 4.17. The van der Waals surface area contributed by atoms with Gasteiger partial charge in [-0.05, 0) is 80.1 Å². The number of aromatic amines is 1. The topological polar surface area (TPSA) is 103 Å². The smallest absolute Gasteiger partial charge is 0.303 e. The van der Waals surface area contributed by atoms with E-state index in [1.807, 2.05) is 24.3 Å². The molecule has 2 aromatic carbocycles. The van der Waals surface area contributed by atoms with E-state index in [0.717, 1.165) is 29.1 Å². The van der Waals surface area contributed by atoms with E-state index in [1.165, 1.54) is 18.2 Å². The van der Waals surface area contributed by atoms with Crippen LogP contribution in [0.15, 0.2) is 47.4 Å². The van der Waals surface area contributed by atoms with Gasteiger partial charge in [-0.25, -0.2) is 0 Å². The van der Waals surface area contributed by atoms with Crippen LogP contribution in [0.25, 0.3) is 11.6 Å². The number of ketones is 1. The molecule has 3 heterocycles. The maximum absolute atomic E-state index is 12.9. The molecule has 0 saturated heterocycles. The molecule has 35 heavy (non-hydrogen) atoms. The fraction of sp³-hybridized carbons (Fsp3) is 0.222. The zero-order valence-electron chi connectivity index (χ0n) is 19.5. The normalized spacial score (nSPS) is 15.3. The van der Waals surface area contributed by atoms with Crippen molar-refractivity contribution >= 4 is 52.6 Å². The summed E-state index contributed by atoms with van der Waals surface area (Å²) >= 11 is 1.64. The van der Waals surface area contributed by atoms with Crippen LogP contribution in [0.2, 0.25) is 0 Å². The molecule has 7 nitrogen and oxygen atoms in total. The van der Waals surface area contributed by atoms with Crippen LogP contribution in [0.1, 0.15) is 51.8 Å². The van der Waals surface area contributed by atoms with Crippen molar-refractivity contribution in [3.8, 4) is 0 Å². The van der Waals surface area contributed by atoms with Gasteiger partial charge in [0.1, 0.15) is 0 Å². The largest absolute Gasteiger partial charge is 0.481 e. The zero-order valence-corrected chi connectivity index (χ0v) is 20.3. The number of aliphatic carboxylic acids is 1. The van der Waals surface area contributed by atoms with E-state index in [1.54, 1.807) is 24.9 Å². The first kappa shape index (κ1) is 23.0. The molecule has 0 unspecified atom stereocenters. The SMILES string of the molecule is CC(=O)c1c(C)[nH]c(/C=C2\C(=O)Nc3ccc(SN4CCc5ccccc54)cc32)c1CCC(=O)O. The number of aromatic nitrogens is 1. The number of nitrogens with one attached hydrogen (secondary N) is 2. The molecule has 3 aromatic rings. The quantitative estimate of drug-likeness (QED) is 0.243. The van der Waals surface area contributed by atoms with Crippen molar-refractivity contribution in [1.29, 1.82) is 0 Å². The van der Waals surface area contributed by atoms with Gasteiger partial charge in [-0.15, -0.1) is 0 Å². The van der Waals surface area contributed by atoms with E-state index in [-0.39, 0.29) is 24.5 Å². The maximum Gasteiger partial charge on any atom is 0.303 e. The minimum atomic E-state index is -0.939. The lowest BCUT2D eigenvalue weighted by Crippen LogP contribution is -2.09. The summed E-state index contributed by atoms with van der Waals surface area (Å²) in [6.07, 6.45) is 2.83. The van der Waals surface area contributed by atoms with Crippen LogP contribution in [-0.2, 0) is 22.4 Å². The van der Waals surface area contributed by atoms with Crippen molar-refractivity contribution in [2.45, 2.75) is 38.0 Å². The average molecular weight is 488 g/mol. The van der Waals surface area contributed by atoms with E-state index in [4.69, 9.17) is 0 Å². The number of amides is 1. The molecule has 0 radical (unpaired) electrons. The highest BCUT2D eigenvalue weighted by Gasteiger charge is 2.27. The Kier molecular flexibility index (Phi) is 5.98. The van der Waals surface area contributed by atoms with E-state index in [9.17, 15) is 19.5 Å². The molecule has 0 fully saturated rings. The van der Waals surface area contributed by atoms with Gasteiger partial charge < -0.3 is 19.7 Å². The predicted molar refractivity (Wildman–Crippen MR) is 138 cm³/mol. The van der Waals surface area contributed by atoms with Crippen LogP contribution in [0.4, 0.5) is 11.4 Å². The second-order valence-corrected chi connectivity index (χ2v) is 9.85. The van der Waals surface area contributed by atoms with Crippen LogP contribution < -0.4 is 9.62 Å². The van der Waals surface area contributed by atoms with Crippen molar-refractivity contribution < 1.29 is 19.5 Å². The summed E-state index contributed by atoms with van der Waals surface area (Å²) < 4.78 is 2.27. The molecular weight excluding hydrogens is 462 g/mol. The lowest BCUT2D eigenvalue weighted by Gasteiger charge is -2.18. The molecule has 0 aliphatic carbocycles. The Hall–Kier alpha value is -3.78. The minimum Gasteiger partial charge on any atom is -0.481 e. The third-order valence-electron chi connectivity index (χ3n) is 6.39. The first-order valence-corrected chi connectivity index (χ1v) is 12.2. The number of hydrogen-bond donors (Lipinski definition) is 3. The van der Waals surface area contributed by atoms with E-state index in [2.05, 4.69) is 32.8 Å². The fourth-order valence-corrected chi connectivity index (χ4v) is 5.85. The summed E-state index contributed by atoms with van der Waals surface area (Å²) in [5.74, 6) is -1.30. The van der Waals surface area contributed by atoms with Crippen LogP contribution in [0.5, 0.6) is 0 Å². The number of carbonyl (C=O) groups is 3. The first-order chi connectivity index (χ1) is 16.8. The Labute approximate surface area is 207 Å². The Morgan fingerprint density at radius 1 is 1.20 bits per heavy atom. The molecular formula is C27H25N3O4S. The van der Waals surface area contributed by atoms with E-state index in [0.29, 0.717) is 28.1 Å². The molecule has 178 valence electrons. The maximum atomic E-state index is 12.9. The molecule has 0 saturated carbocycles. The second kappa shape index (κ2) is 9.11. The third-order valence-corrected chi connectivity index (χ3v) is 7.45. The van der Waals surface area contributed by atoms with Crippen molar-refractivity contribution in [1.82, 2.24) is 4.98 Å². The van der Waals surface area contributed by atoms with Gasteiger partial charge in [-0.3, -0.25) is 14.4 Å². The van der Waals surface area contributed by atoms with Gasteiger partial charge in [0.25, 0.3) is 5.91 Å². The highest BCUT2D eigenvalue weighted by atomic mass is 32.2. The van der Waals surface area contributed by atoms with Gasteiger partial charge >= 0.3 is 5.97 Å². The van der Waals surface area contributed by atoms with Crippen LogP contribution in [0.3, 0.4) is 0 Å². The number of carbonyl (C=O) groups excluding carboxylic acids is 2. The van der Waals surface area contributed by atoms with E-state index < -0.39 is 5.97 Å². The van der Waals surface area contributed by atoms with Crippen molar-refractivity contribution in [3.05, 3.63) is 76.1 Å². The highest BCUT2D eigenvalue weighted by molar-refractivity contribution is 8.00. The number of carboxylic acid groups (broad SMARTS) is 1. The van der Waals surface area contributed by atoms with Gasteiger partial charge in [0.2, 0.25) is 0 Å². The Morgan fingerprint density at radius 2 is 2.00 bits per heavy atom. The highest BCUT2D eigenvalue weighted by Crippen LogP contribution is 2.40. The second-order valence-electron chi connectivity index (χ2n) is 8.76. The Morgan fingerprint density at radius 3 is 2.77 bits per heavy atom. The summed E-state index contributed by atoms with van der Waals surface area (Å²) in [4.78, 5) is 40.6. The van der Waals surface area contributed by atoms with Crippen LogP contribution in [-0.4, -0.2) is 34.3 Å². The predicted octanol–water partition coefficient (Wildman–Crippen LogP) is 5.11. The zero-order chi connectivity index (χ0) is 24.7. The van der Waals surface area contributed by atoms with Gasteiger partial charge in [0, 0.05) is 46.1 Å². The van der Waals surface area contributed by atoms with Gasteiger partial charge in [-0.2, -0.15) is 0 Å². The molecule has 5 rings (SSSR count). The Balaban J connectivity index is 1.50. The van der Waals surface area contributed by atoms with Gasteiger partial charge in [0.05, 0.1) is 11.3 Å². The molecule has 0 atom stereocenters. The number of benzene rings is 2. The standard InChI is InChI=1S/C27H25N3O4S/c1-15-26(16(2)31)19(8-10-25(32)33)23(28-15)14-21-20-13-18(7-9-22(20)29-27(21)34)35-30-12-11-17-5-3-4-6-24(17)30/h3-7,9,13-14,28H,8,10-12H2,1-2H3,(H,29,34)(H,32,33)/b21-14-. The number of nitrogens with zero attached hydrogens (tertiary/aromatic N) is 1. The molecule has 2 aliphatic heterocycles. The molecule has 2 aliphatic rings. The Bertz CT molecular complexity index is 1410. The molecule has 8 heteroatoms. The number of Topliss-reactive ketones (excluding diaryl/α,β-unsaturated/α-hetero) is 1. The third kappa shape index (κ3) is 4.37. The lowest BCUT2D eigenvalue weighted by molar-refractivity contribution is -0.137. The number of para-hydroxylation sites is 1. The number of H-pyrrole nitrogens is 1. The molecule has 1 aromatic heterocycles. The minimum absolute atomic E-state index is 0.103. The monoisotopic (exact) mass is 487 g/mol. The number of hydrogen-bond acceptors (Lipinski definition) is 5. The number of anilines is 2.